The fourth-order valence-electron chi connectivity index (χ4n) is 4.11. The molecule has 2 heterocycles. The van der Waals surface area contributed by atoms with Crippen LogP contribution in [0.2, 0.25) is 0 Å². The van der Waals surface area contributed by atoms with Crippen molar-refractivity contribution in [3.63, 3.8) is 0 Å². The Bertz CT molecular complexity index is 1110. The van der Waals surface area contributed by atoms with Crippen LogP contribution in [0.4, 0.5) is 0 Å². The Morgan fingerprint density at radius 3 is 2.78 bits per heavy atom. The lowest BCUT2D eigenvalue weighted by Crippen LogP contribution is -2.30. The molecule has 4 rings (SSSR count). The van der Waals surface area contributed by atoms with E-state index >= 15 is 0 Å². The lowest BCUT2D eigenvalue weighted by molar-refractivity contribution is 0.0937. The smallest absolute Gasteiger partial charge is 0.252 e. The number of nitrogens with zero attached hydrogens (tertiary/aromatic N) is 4. The van der Waals surface area contributed by atoms with E-state index in [4.69, 9.17) is 4.74 Å². The zero-order chi connectivity index (χ0) is 22.7. The maximum atomic E-state index is 12.7. The average molecular weight is 436 g/mol. The number of phenols is 1. The molecule has 0 radical (unpaired) electrons. The second-order valence-electron chi connectivity index (χ2n) is 8.17. The third kappa shape index (κ3) is 4.60. The quantitative estimate of drug-likeness (QED) is 0.619. The number of rotatable bonds is 6. The molecule has 8 heteroatoms. The van der Waals surface area contributed by atoms with Crippen molar-refractivity contribution in [1.82, 2.24) is 25.0 Å². The summed E-state index contributed by atoms with van der Waals surface area (Å²) in [5.41, 5.74) is 2.70. The van der Waals surface area contributed by atoms with Crippen molar-refractivity contribution in [2.45, 2.75) is 39.4 Å². The van der Waals surface area contributed by atoms with Crippen LogP contribution in [0.5, 0.6) is 11.5 Å². The highest BCUT2D eigenvalue weighted by atomic mass is 16.5. The minimum atomic E-state index is -0.253. The van der Waals surface area contributed by atoms with Gasteiger partial charge in [0.2, 0.25) is 0 Å². The second-order valence-corrected chi connectivity index (χ2v) is 8.17. The fourth-order valence-corrected chi connectivity index (χ4v) is 4.11. The van der Waals surface area contributed by atoms with Gasteiger partial charge in [-0.25, -0.2) is 0 Å². The summed E-state index contributed by atoms with van der Waals surface area (Å²) >= 11 is 0. The monoisotopic (exact) mass is 435 g/mol. The van der Waals surface area contributed by atoms with Crippen molar-refractivity contribution in [2.24, 2.45) is 0 Å². The molecule has 1 aliphatic rings. The van der Waals surface area contributed by atoms with Crippen molar-refractivity contribution >= 4 is 5.91 Å². The first-order chi connectivity index (χ1) is 15.5. The molecule has 0 fully saturated rings. The van der Waals surface area contributed by atoms with Gasteiger partial charge in [0.05, 0.1) is 13.2 Å². The molecule has 0 unspecified atom stereocenters. The topological polar surface area (TPSA) is 92.5 Å². The standard InChI is InChI=1S/C24H29N5O3/c1-16-6-4-5-7-19(16)24(31)25-17(2)23-27-26-22-10-11-28(12-13-29(22)23)15-18-8-9-20(30)21(14-18)32-3/h4-9,14,17,30H,10-13,15H2,1-3H3,(H,25,31)/t17-/m0/s1. The van der Waals surface area contributed by atoms with E-state index in [0.29, 0.717) is 11.3 Å². The number of amides is 1. The third-order valence-corrected chi connectivity index (χ3v) is 5.92. The van der Waals surface area contributed by atoms with E-state index in [1.807, 2.05) is 50.2 Å². The van der Waals surface area contributed by atoms with E-state index < -0.39 is 0 Å². The van der Waals surface area contributed by atoms with Crippen LogP contribution in [-0.2, 0) is 19.5 Å². The molecular formula is C24H29N5O3. The number of carbonyl (C=O) groups is 1. The number of carbonyl (C=O) groups excluding carboxylic acids is 1. The Morgan fingerprint density at radius 2 is 2.00 bits per heavy atom. The number of nitrogens with one attached hydrogen (secondary N) is 1. The van der Waals surface area contributed by atoms with E-state index in [9.17, 15) is 9.90 Å². The van der Waals surface area contributed by atoms with E-state index in [-0.39, 0.29) is 17.7 Å². The summed E-state index contributed by atoms with van der Waals surface area (Å²) in [6.07, 6.45) is 0.778. The Balaban J connectivity index is 1.43. The summed E-state index contributed by atoms with van der Waals surface area (Å²) < 4.78 is 7.35. The molecule has 0 aliphatic carbocycles. The number of aromatic nitrogens is 3. The van der Waals surface area contributed by atoms with E-state index in [2.05, 4.69) is 25.0 Å². The van der Waals surface area contributed by atoms with Crippen LogP contribution in [0.1, 0.15) is 46.1 Å². The average Bonchev–Trinajstić information content (AvgIpc) is 3.09. The highest BCUT2D eigenvalue weighted by Crippen LogP contribution is 2.27. The van der Waals surface area contributed by atoms with Gasteiger partial charge >= 0.3 is 0 Å². The number of aryl methyl sites for hydroxylation is 1. The van der Waals surface area contributed by atoms with Gasteiger partial charge in [0, 0.05) is 38.2 Å². The number of benzene rings is 2. The lowest BCUT2D eigenvalue weighted by atomic mass is 10.1. The molecule has 1 aliphatic heterocycles. The van der Waals surface area contributed by atoms with Gasteiger partial charge in [0.25, 0.3) is 5.91 Å². The SMILES string of the molecule is COc1cc(CN2CCc3nnc([C@H](C)NC(=O)c4ccccc4C)n3CC2)ccc1O. The molecule has 0 bridgehead atoms. The largest absolute Gasteiger partial charge is 0.504 e. The van der Waals surface area contributed by atoms with Gasteiger partial charge in [-0.3, -0.25) is 9.69 Å². The number of hydrogen-bond acceptors (Lipinski definition) is 6. The van der Waals surface area contributed by atoms with E-state index in [1.54, 1.807) is 13.2 Å². The van der Waals surface area contributed by atoms with Crippen LogP contribution in [0.15, 0.2) is 42.5 Å². The van der Waals surface area contributed by atoms with Crippen LogP contribution < -0.4 is 10.1 Å². The molecule has 8 nitrogen and oxygen atoms in total. The first kappa shape index (κ1) is 21.8. The van der Waals surface area contributed by atoms with Crippen LogP contribution in [-0.4, -0.2) is 50.9 Å². The molecule has 2 aromatic carbocycles. The minimum Gasteiger partial charge on any atom is -0.504 e. The Kier molecular flexibility index (Phi) is 6.41. The molecular weight excluding hydrogens is 406 g/mol. The Labute approximate surface area is 187 Å². The van der Waals surface area contributed by atoms with Gasteiger partial charge in [-0.15, -0.1) is 10.2 Å². The highest BCUT2D eigenvalue weighted by Gasteiger charge is 2.23. The second kappa shape index (κ2) is 9.40. The normalized spacial score (nSPS) is 15.0. The molecule has 3 aromatic rings. The van der Waals surface area contributed by atoms with Gasteiger partial charge < -0.3 is 19.7 Å². The number of fused-ring (bicyclic) bond motifs is 1. The Morgan fingerprint density at radius 1 is 1.19 bits per heavy atom. The summed E-state index contributed by atoms with van der Waals surface area (Å²) in [4.78, 5) is 15.1. The molecule has 0 saturated carbocycles. The van der Waals surface area contributed by atoms with Crippen LogP contribution >= 0.6 is 0 Å². The molecule has 0 saturated heterocycles. The van der Waals surface area contributed by atoms with Crippen molar-refractivity contribution in [2.75, 3.05) is 20.2 Å². The van der Waals surface area contributed by atoms with Crippen molar-refractivity contribution in [3.8, 4) is 11.5 Å². The number of ether oxygens (including phenoxy) is 1. The molecule has 2 N–H and O–H groups in total. The molecule has 32 heavy (non-hydrogen) atoms. The summed E-state index contributed by atoms with van der Waals surface area (Å²) in [7, 11) is 1.55. The zero-order valence-corrected chi connectivity index (χ0v) is 18.7. The van der Waals surface area contributed by atoms with Gasteiger partial charge in [-0.2, -0.15) is 0 Å². The van der Waals surface area contributed by atoms with Gasteiger partial charge in [-0.1, -0.05) is 24.3 Å². The predicted octanol–water partition coefficient (Wildman–Crippen LogP) is 2.85. The van der Waals surface area contributed by atoms with E-state index in [0.717, 1.165) is 55.4 Å². The Hall–Kier alpha value is -3.39. The number of hydrogen-bond donors (Lipinski definition) is 2. The summed E-state index contributed by atoms with van der Waals surface area (Å²) in [6.45, 7) is 7.06. The number of methoxy groups -OCH3 is 1. The molecule has 0 spiro atoms. The molecule has 168 valence electrons. The lowest BCUT2D eigenvalue weighted by Gasteiger charge is -2.20. The van der Waals surface area contributed by atoms with Crippen LogP contribution in [0, 0.1) is 6.92 Å². The van der Waals surface area contributed by atoms with Crippen molar-refractivity contribution in [1.29, 1.82) is 0 Å². The maximum Gasteiger partial charge on any atom is 0.252 e. The summed E-state index contributed by atoms with van der Waals surface area (Å²) in [5.74, 6) is 2.22. The molecule has 1 atom stereocenters. The van der Waals surface area contributed by atoms with Crippen molar-refractivity contribution in [3.05, 3.63) is 70.8 Å². The summed E-state index contributed by atoms with van der Waals surface area (Å²) in [5, 5.41) is 21.7. The first-order valence-corrected chi connectivity index (χ1v) is 10.8. The first-order valence-electron chi connectivity index (χ1n) is 10.8. The number of aromatic hydroxyl groups is 1. The van der Waals surface area contributed by atoms with Gasteiger partial charge in [0.15, 0.2) is 17.3 Å². The zero-order valence-electron chi connectivity index (χ0n) is 18.7. The summed E-state index contributed by atoms with van der Waals surface area (Å²) in [6, 6.07) is 12.8. The molecule has 1 aromatic heterocycles. The minimum absolute atomic E-state index is 0.107. The number of phenolic OH excluding ortho intramolecular Hbond substituents is 1. The highest BCUT2D eigenvalue weighted by molar-refractivity contribution is 5.95. The fraction of sp³-hybridized carbons (Fsp3) is 0.375. The van der Waals surface area contributed by atoms with E-state index in [1.165, 1.54) is 0 Å². The predicted molar refractivity (Wildman–Crippen MR) is 121 cm³/mol. The van der Waals surface area contributed by atoms with Gasteiger partial charge in [-0.05, 0) is 43.2 Å². The van der Waals surface area contributed by atoms with Crippen molar-refractivity contribution < 1.29 is 14.6 Å². The van der Waals surface area contributed by atoms with Crippen LogP contribution in [0.3, 0.4) is 0 Å². The van der Waals surface area contributed by atoms with Crippen LogP contribution in [0.25, 0.3) is 0 Å². The third-order valence-electron chi connectivity index (χ3n) is 5.92. The van der Waals surface area contributed by atoms with Gasteiger partial charge in [0.1, 0.15) is 5.82 Å². The maximum absolute atomic E-state index is 12.7. The molecule has 1 amide bonds.